The maximum atomic E-state index is 13.0. The minimum Gasteiger partial charge on any atom is -0.348 e. The van der Waals surface area contributed by atoms with Crippen LogP contribution in [0.2, 0.25) is 0 Å². The van der Waals surface area contributed by atoms with E-state index in [4.69, 9.17) is 0 Å². The lowest BCUT2D eigenvalue weighted by molar-refractivity contribution is 0.0711. The van der Waals surface area contributed by atoms with Crippen molar-refractivity contribution in [2.24, 2.45) is 0 Å². The van der Waals surface area contributed by atoms with Gasteiger partial charge >= 0.3 is 0 Å². The van der Waals surface area contributed by atoms with Crippen molar-refractivity contribution in [3.8, 4) is 5.69 Å². The molecule has 0 atom stereocenters. The van der Waals surface area contributed by atoms with Gasteiger partial charge in [-0.05, 0) is 37.1 Å². The van der Waals surface area contributed by atoms with Gasteiger partial charge in [0.25, 0.3) is 5.91 Å². The highest BCUT2D eigenvalue weighted by Gasteiger charge is 2.26. The van der Waals surface area contributed by atoms with Gasteiger partial charge in [0.05, 0.1) is 11.3 Å². The van der Waals surface area contributed by atoms with Crippen LogP contribution in [-0.4, -0.2) is 38.4 Å². The predicted octanol–water partition coefficient (Wildman–Crippen LogP) is 3.22. The van der Waals surface area contributed by atoms with Crippen molar-refractivity contribution < 1.29 is 4.79 Å². The highest BCUT2D eigenvalue weighted by Crippen LogP contribution is 2.27. The molecular weight excluding hydrogens is 300 g/mol. The summed E-state index contributed by atoms with van der Waals surface area (Å²) < 4.78 is 1.99. The number of hydrogen-bond donors (Lipinski definition) is 1. The van der Waals surface area contributed by atoms with Crippen LogP contribution in [0.25, 0.3) is 5.69 Å². The maximum absolute atomic E-state index is 13.0. The van der Waals surface area contributed by atoms with E-state index in [2.05, 4.69) is 9.97 Å². The van der Waals surface area contributed by atoms with Gasteiger partial charge in [-0.25, -0.2) is 4.98 Å². The first-order chi connectivity index (χ1) is 11.8. The molecular formula is C19H20N4O. The minimum absolute atomic E-state index is 0.109. The number of likely N-dealkylation sites (tertiary alicyclic amines) is 1. The van der Waals surface area contributed by atoms with Crippen molar-refractivity contribution in [3.05, 3.63) is 72.6 Å². The molecule has 5 nitrogen and oxygen atoms in total. The number of hydrogen-bond acceptors (Lipinski definition) is 2. The third kappa shape index (κ3) is 2.73. The van der Waals surface area contributed by atoms with Gasteiger partial charge in [-0.15, -0.1) is 0 Å². The Morgan fingerprint density at radius 3 is 2.54 bits per heavy atom. The third-order valence-corrected chi connectivity index (χ3v) is 4.71. The number of aromatic nitrogens is 3. The first-order valence-corrected chi connectivity index (χ1v) is 8.34. The molecule has 1 saturated heterocycles. The summed E-state index contributed by atoms with van der Waals surface area (Å²) in [5.74, 6) is 1.57. The summed E-state index contributed by atoms with van der Waals surface area (Å²) in [6, 6.07) is 11.7. The van der Waals surface area contributed by atoms with Gasteiger partial charge in [-0.3, -0.25) is 4.79 Å². The SMILES string of the molecule is O=C(c1ccccc1-n1cccc1)N1CCC(c2ncc[nH]2)CC1. The van der Waals surface area contributed by atoms with Crippen LogP contribution in [-0.2, 0) is 0 Å². The largest absolute Gasteiger partial charge is 0.348 e. The summed E-state index contributed by atoms with van der Waals surface area (Å²) >= 11 is 0. The summed E-state index contributed by atoms with van der Waals surface area (Å²) in [4.78, 5) is 22.5. The van der Waals surface area contributed by atoms with Crippen LogP contribution in [0.3, 0.4) is 0 Å². The van der Waals surface area contributed by atoms with E-state index in [1.54, 1.807) is 6.20 Å². The molecule has 0 unspecified atom stereocenters. The van der Waals surface area contributed by atoms with Gasteiger partial charge in [0.15, 0.2) is 0 Å². The summed E-state index contributed by atoms with van der Waals surface area (Å²) in [5.41, 5.74) is 1.69. The van der Waals surface area contributed by atoms with Gasteiger partial charge in [0.2, 0.25) is 0 Å². The molecule has 1 N–H and O–H groups in total. The molecule has 0 aliphatic carbocycles. The lowest BCUT2D eigenvalue weighted by Crippen LogP contribution is -2.38. The van der Waals surface area contributed by atoms with Crippen LogP contribution in [0.5, 0.6) is 0 Å². The lowest BCUT2D eigenvalue weighted by atomic mass is 9.95. The fourth-order valence-electron chi connectivity index (χ4n) is 3.40. The van der Waals surface area contributed by atoms with E-state index in [9.17, 15) is 4.79 Å². The molecule has 2 aromatic heterocycles. The molecule has 1 aliphatic heterocycles. The second-order valence-electron chi connectivity index (χ2n) is 6.15. The first-order valence-electron chi connectivity index (χ1n) is 8.34. The molecule has 0 spiro atoms. The quantitative estimate of drug-likeness (QED) is 0.805. The number of carbonyl (C=O) groups is 1. The number of imidazole rings is 1. The fraction of sp³-hybridized carbons (Fsp3) is 0.263. The number of nitrogens with one attached hydrogen (secondary N) is 1. The molecule has 1 aliphatic rings. The minimum atomic E-state index is 0.109. The molecule has 4 rings (SSSR count). The molecule has 24 heavy (non-hydrogen) atoms. The van der Waals surface area contributed by atoms with Crippen molar-refractivity contribution in [2.75, 3.05) is 13.1 Å². The first kappa shape index (κ1) is 14.8. The molecule has 0 saturated carbocycles. The molecule has 5 heteroatoms. The number of H-pyrrole nitrogens is 1. The van der Waals surface area contributed by atoms with Crippen molar-refractivity contribution >= 4 is 5.91 Å². The van der Waals surface area contributed by atoms with Crippen LogP contribution in [0.15, 0.2) is 61.2 Å². The zero-order valence-corrected chi connectivity index (χ0v) is 13.4. The van der Waals surface area contributed by atoms with Gasteiger partial charge in [0, 0.05) is 43.8 Å². The Bertz CT molecular complexity index is 800. The highest BCUT2D eigenvalue weighted by molar-refractivity contribution is 5.97. The van der Waals surface area contributed by atoms with E-state index in [0.29, 0.717) is 5.92 Å². The van der Waals surface area contributed by atoms with E-state index in [0.717, 1.165) is 43.0 Å². The Kier molecular flexibility index (Phi) is 3.91. The van der Waals surface area contributed by atoms with Gasteiger partial charge in [0.1, 0.15) is 5.82 Å². The van der Waals surface area contributed by atoms with Crippen molar-refractivity contribution in [3.63, 3.8) is 0 Å². The van der Waals surface area contributed by atoms with E-state index < -0.39 is 0 Å². The number of carbonyl (C=O) groups excluding carboxylic acids is 1. The molecule has 3 heterocycles. The third-order valence-electron chi connectivity index (χ3n) is 4.71. The van der Waals surface area contributed by atoms with E-state index in [-0.39, 0.29) is 5.91 Å². The average Bonchev–Trinajstić information content (AvgIpc) is 3.35. The van der Waals surface area contributed by atoms with Gasteiger partial charge in [-0.2, -0.15) is 0 Å². The Balaban J connectivity index is 1.51. The Labute approximate surface area is 140 Å². The van der Waals surface area contributed by atoms with Gasteiger partial charge in [-0.1, -0.05) is 12.1 Å². The summed E-state index contributed by atoms with van der Waals surface area (Å²) in [6.45, 7) is 1.54. The summed E-state index contributed by atoms with van der Waals surface area (Å²) in [6.07, 6.45) is 9.49. The maximum Gasteiger partial charge on any atom is 0.255 e. The van der Waals surface area contributed by atoms with Crippen molar-refractivity contribution in [2.45, 2.75) is 18.8 Å². The number of piperidine rings is 1. The summed E-state index contributed by atoms with van der Waals surface area (Å²) in [5, 5.41) is 0. The Morgan fingerprint density at radius 1 is 1.08 bits per heavy atom. The Morgan fingerprint density at radius 2 is 1.83 bits per heavy atom. The molecule has 1 fully saturated rings. The monoisotopic (exact) mass is 320 g/mol. The number of para-hydroxylation sites is 1. The van der Waals surface area contributed by atoms with Crippen molar-refractivity contribution in [1.82, 2.24) is 19.4 Å². The smallest absolute Gasteiger partial charge is 0.255 e. The molecule has 0 radical (unpaired) electrons. The summed E-state index contributed by atoms with van der Waals surface area (Å²) in [7, 11) is 0. The van der Waals surface area contributed by atoms with Crippen molar-refractivity contribution in [1.29, 1.82) is 0 Å². The normalized spacial score (nSPS) is 15.6. The number of aromatic amines is 1. The van der Waals surface area contributed by atoms with Crippen LogP contribution >= 0.6 is 0 Å². The predicted molar refractivity (Wildman–Crippen MR) is 92.2 cm³/mol. The zero-order valence-electron chi connectivity index (χ0n) is 13.4. The number of benzene rings is 1. The molecule has 1 amide bonds. The number of amides is 1. The van der Waals surface area contributed by atoms with Crippen LogP contribution in [0.4, 0.5) is 0 Å². The van der Waals surface area contributed by atoms with Crippen LogP contribution in [0, 0.1) is 0 Å². The van der Waals surface area contributed by atoms with E-state index >= 15 is 0 Å². The Hall–Kier alpha value is -2.82. The van der Waals surface area contributed by atoms with Gasteiger partial charge < -0.3 is 14.5 Å². The fourth-order valence-corrected chi connectivity index (χ4v) is 3.40. The average molecular weight is 320 g/mol. The molecule has 122 valence electrons. The molecule has 1 aromatic carbocycles. The molecule has 3 aromatic rings. The second kappa shape index (κ2) is 6.35. The second-order valence-corrected chi connectivity index (χ2v) is 6.15. The van der Waals surface area contributed by atoms with E-state index in [1.807, 2.05) is 64.5 Å². The van der Waals surface area contributed by atoms with Crippen LogP contribution < -0.4 is 0 Å². The topological polar surface area (TPSA) is 53.9 Å². The molecule has 0 bridgehead atoms. The lowest BCUT2D eigenvalue weighted by Gasteiger charge is -2.31. The standard InChI is InChI=1S/C19H20N4O/c24-19(16-5-1-2-6-17(16)22-11-3-4-12-22)23-13-7-15(8-14-23)18-20-9-10-21-18/h1-6,9-12,15H,7-8,13-14H2,(H,20,21). The highest BCUT2D eigenvalue weighted by atomic mass is 16.2. The van der Waals surface area contributed by atoms with E-state index in [1.165, 1.54) is 0 Å². The number of rotatable bonds is 3. The van der Waals surface area contributed by atoms with Crippen LogP contribution in [0.1, 0.15) is 34.9 Å². The zero-order chi connectivity index (χ0) is 16.4. The number of nitrogens with zero attached hydrogens (tertiary/aromatic N) is 3.